The van der Waals surface area contributed by atoms with Gasteiger partial charge in [-0.15, -0.1) is 5.10 Å². The molecule has 144 valence electrons. The third kappa shape index (κ3) is 3.40. The summed E-state index contributed by atoms with van der Waals surface area (Å²) in [6, 6.07) is 7.62. The fraction of sp³-hybridized carbons (Fsp3) is 0.333. The summed E-state index contributed by atoms with van der Waals surface area (Å²) in [5, 5.41) is 8.63. The molecule has 1 aliphatic carbocycles. The summed E-state index contributed by atoms with van der Waals surface area (Å²) in [6.07, 6.45) is 1.26. The van der Waals surface area contributed by atoms with E-state index in [4.69, 9.17) is 16.7 Å². The van der Waals surface area contributed by atoms with Gasteiger partial charge in [-0.3, -0.25) is 4.79 Å². The zero-order valence-corrected chi connectivity index (χ0v) is 17.1. The number of ketones is 1. The van der Waals surface area contributed by atoms with Gasteiger partial charge in [0.2, 0.25) is 0 Å². The summed E-state index contributed by atoms with van der Waals surface area (Å²) in [6.45, 7) is 7.88. The van der Waals surface area contributed by atoms with Crippen molar-refractivity contribution in [1.82, 2.24) is 19.7 Å². The lowest BCUT2D eigenvalue weighted by Crippen LogP contribution is -2.20. The number of nitrogens with zero attached hydrogens (tertiary/aromatic N) is 4. The van der Waals surface area contributed by atoms with Gasteiger partial charge in [-0.2, -0.15) is 0 Å². The molecule has 2 aromatic heterocycles. The minimum absolute atomic E-state index is 0.0880. The van der Waals surface area contributed by atoms with Crippen LogP contribution in [0.15, 0.2) is 24.3 Å². The molecule has 2 heterocycles. The summed E-state index contributed by atoms with van der Waals surface area (Å²) in [4.78, 5) is 21.9. The summed E-state index contributed by atoms with van der Waals surface area (Å²) < 4.78 is 1.71. The Morgan fingerprint density at radius 1 is 1.11 bits per heavy atom. The smallest absolute Gasteiger partial charge is 0.251 e. The van der Waals surface area contributed by atoms with Crippen molar-refractivity contribution in [2.75, 3.05) is 5.32 Å². The Bertz CT molecular complexity index is 1070. The van der Waals surface area contributed by atoms with E-state index in [-0.39, 0.29) is 11.7 Å². The molecule has 0 saturated carbocycles. The Balaban J connectivity index is 1.85. The summed E-state index contributed by atoms with van der Waals surface area (Å²) in [5.74, 6) is 1.35. The number of aromatic nitrogens is 4. The van der Waals surface area contributed by atoms with Crippen molar-refractivity contribution in [1.29, 1.82) is 0 Å². The highest BCUT2D eigenvalue weighted by molar-refractivity contribution is 6.31. The lowest BCUT2D eigenvalue weighted by molar-refractivity contribution is 0.0953. The Morgan fingerprint density at radius 3 is 2.50 bits per heavy atom. The number of rotatable bonds is 3. The number of benzene rings is 1. The van der Waals surface area contributed by atoms with E-state index in [0.717, 1.165) is 34.8 Å². The van der Waals surface area contributed by atoms with Crippen molar-refractivity contribution in [2.45, 2.75) is 40.5 Å². The molecule has 28 heavy (non-hydrogen) atoms. The maximum atomic E-state index is 12.8. The molecule has 1 aliphatic rings. The molecule has 0 amide bonds. The van der Waals surface area contributed by atoms with Crippen molar-refractivity contribution in [2.24, 2.45) is 5.92 Å². The first kappa shape index (κ1) is 18.6. The lowest BCUT2D eigenvalue weighted by atomic mass is 9.88. The summed E-state index contributed by atoms with van der Waals surface area (Å²) in [5.41, 5.74) is 4.99. The topological polar surface area (TPSA) is 72.7 Å². The number of hydrogen-bond donors (Lipinski definition) is 1. The van der Waals surface area contributed by atoms with Crippen LogP contribution in [0.2, 0.25) is 5.02 Å². The first-order valence-electron chi connectivity index (χ1n) is 9.32. The van der Waals surface area contributed by atoms with Crippen LogP contribution in [0.3, 0.4) is 0 Å². The Labute approximate surface area is 169 Å². The molecule has 1 atom stereocenters. The van der Waals surface area contributed by atoms with E-state index in [1.807, 2.05) is 45.0 Å². The molecule has 4 rings (SSSR count). The number of nitrogens with one attached hydrogen (secondary N) is 1. The van der Waals surface area contributed by atoms with Gasteiger partial charge in [-0.05, 0) is 56.9 Å². The van der Waals surface area contributed by atoms with Gasteiger partial charge < -0.3 is 5.32 Å². The van der Waals surface area contributed by atoms with Gasteiger partial charge in [-0.25, -0.2) is 14.6 Å². The molecular formula is C21H22ClN5O. The predicted octanol–water partition coefficient (Wildman–Crippen LogP) is 4.75. The highest BCUT2D eigenvalue weighted by Gasteiger charge is 2.32. The summed E-state index contributed by atoms with van der Waals surface area (Å²) in [7, 11) is 0. The maximum Gasteiger partial charge on any atom is 0.251 e. The van der Waals surface area contributed by atoms with Crippen molar-refractivity contribution in [3.8, 4) is 5.95 Å². The van der Waals surface area contributed by atoms with Crippen LogP contribution < -0.4 is 5.32 Å². The molecule has 0 aliphatic heterocycles. The molecule has 1 N–H and O–H groups in total. The van der Waals surface area contributed by atoms with E-state index >= 15 is 0 Å². The number of Topliss-reactive ketones (excluding diaryl/α,β-unsaturated/α-hetero) is 1. The van der Waals surface area contributed by atoms with E-state index in [2.05, 4.69) is 22.2 Å². The number of halogens is 1. The van der Waals surface area contributed by atoms with Crippen LogP contribution in [0, 0.1) is 26.7 Å². The van der Waals surface area contributed by atoms with Gasteiger partial charge in [-0.1, -0.05) is 24.6 Å². The minimum atomic E-state index is 0.0880. The highest BCUT2D eigenvalue weighted by atomic mass is 35.5. The Hall–Kier alpha value is -2.73. The molecule has 7 heteroatoms. The van der Waals surface area contributed by atoms with Crippen LogP contribution in [0.1, 0.15) is 46.3 Å². The average Bonchev–Trinajstić information content (AvgIpc) is 2.96. The zero-order valence-electron chi connectivity index (χ0n) is 16.4. The first-order chi connectivity index (χ1) is 13.3. The van der Waals surface area contributed by atoms with Crippen LogP contribution in [0.4, 0.5) is 11.5 Å². The maximum absolute atomic E-state index is 12.8. The number of fused-ring (bicyclic) bond motifs is 1. The largest absolute Gasteiger partial charge is 0.338 e. The first-order valence-corrected chi connectivity index (χ1v) is 9.70. The summed E-state index contributed by atoms with van der Waals surface area (Å²) >= 11 is 6.25. The molecule has 1 unspecified atom stereocenters. The van der Waals surface area contributed by atoms with E-state index in [9.17, 15) is 4.79 Å². The van der Waals surface area contributed by atoms with Gasteiger partial charge in [0.15, 0.2) is 11.6 Å². The molecule has 0 saturated heterocycles. The van der Waals surface area contributed by atoms with Gasteiger partial charge in [0, 0.05) is 28.5 Å². The normalized spacial score (nSPS) is 16.2. The predicted molar refractivity (Wildman–Crippen MR) is 110 cm³/mol. The molecule has 6 nitrogen and oxygen atoms in total. The van der Waals surface area contributed by atoms with Gasteiger partial charge >= 0.3 is 0 Å². The van der Waals surface area contributed by atoms with Gasteiger partial charge in [0.05, 0.1) is 11.3 Å². The zero-order chi connectivity index (χ0) is 20.0. The number of anilines is 2. The molecule has 0 spiro atoms. The van der Waals surface area contributed by atoms with Crippen LogP contribution in [0.25, 0.3) is 5.95 Å². The van der Waals surface area contributed by atoms with Gasteiger partial charge in [0.25, 0.3) is 5.95 Å². The monoisotopic (exact) mass is 395 g/mol. The third-order valence-electron chi connectivity index (χ3n) is 4.93. The van der Waals surface area contributed by atoms with E-state index in [1.54, 1.807) is 4.68 Å². The Kier molecular flexibility index (Phi) is 4.67. The highest BCUT2D eigenvalue weighted by Crippen LogP contribution is 2.34. The second-order valence-corrected chi connectivity index (χ2v) is 7.97. The van der Waals surface area contributed by atoms with Crippen LogP contribution in [-0.4, -0.2) is 25.5 Å². The second kappa shape index (κ2) is 7.02. The third-order valence-corrected chi connectivity index (χ3v) is 5.34. The van der Waals surface area contributed by atoms with Crippen LogP contribution in [-0.2, 0) is 6.42 Å². The van der Waals surface area contributed by atoms with Crippen molar-refractivity contribution in [3.63, 3.8) is 0 Å². The molecule has 3 aromatic rings. The van der Waals surface area contributed by atoms with Crippen molar-refractivity contribution in [3.05, 3.63) is 57.5 Å². The van der Waals surface area contributed by atoms with Gasteiger partial charge in [0.1, 0.15) is 0 Å². The fourth-order valence-corrected chi connectivity index (χ4v) is 3.80. The Morgan fingerprint density at radius 2 is 1.82 bits per heavy atom. The second-order valence-electron chi connectivity index (χ2n) is 7.56. The van der Waals surface area contributed by atoms with E-state index in [0.29, 0.717) is 28.8 Å². The van der Waals surface area contributed by atoms with Crippen molar-refractivity contribution >= 4 is 28.9 Å². The van der Waals surface area contributed by atoms with E-state index in [1.165, 1.54) is 0 Å². The quantitative estimate of drug-likeness (QED) is 0.692. The van der Waals surface area contributed by atoms with Crippen LogP contribution in [0.5, 0.6) is 0 Å². The average molecular weight is 396 g/mol. The van der Waals surface area contributed by atoms with E-state index < -0.39 is 0 Å². The molecule has 1 aromatic carbocycles. The number of hydrogen-bond acceptors (Lipinski definition) is 5. The lowest BCUT2D eigenvalue weighted by Gasteiger charge is -2.19. The standard InChI is InChI=1S/C21H22ClN5O/c1-11-7-17-19(18(28)8-11)20(25-15-6-5-12(2)16(22)10-15)26-27(17)21-23-13(3)9-14(4)24-21/h5-6,9-11H,7-8H2,1-4H3,(H,25,26). The molecule has 0 radical (unpaired) electrons. The number of aryl methyl sites for hydroxylation is 3. The number of carbonyl (C=O) groups excluding carboxylic acids is 1. The molecule has 0 fully saturated rings. The van der Waals surface area contributed by atoms with Crippen LogP contribution >= 0.6 is 11.6 Å². The molecular weight excluding hydrogens is 374 g/mol. The SMILES string of the molecule is Cc1cc(C)nc(-n2nc(Nc3ccc(C)c(Cl)c3)c3c2CC(C)CC3=O)n1. The minimum Gasteiger partial charge on any atom is -0.338 e. The fourth-order valence-electron chi connectivity index (χ4n) is 3.62. The van der Waals surface area contributed by atoms with Crippen molar-refractivity contribution < 1.29 is 4.79 Å². The molecule has 0 bridgehead atoms. The number of carbonyl (C=O) groups is 1.